The van der Waals surface area contributed by atoms with Crippen LogP contribution in [0.4, 0.5) is 0 Å². The zero-order valence-electron chi connectivity index (χ0n) is 13.8. The van der Waals surface area contributed by atoms with Gasteiger partial charge in [0.2, 0.25) is 5.91 Å². The maximum Gasteiger partial charge on any atom is 0.230 e. The van der Waals surface area contributed by atoms with E-state index in [0.717, 1.165) is 11.4 Å². The minimum atomic E-state index is -0.0905. The molecule has 0 aliphatic heterocycles. The summed E-state index contributed by atoms with van der Waals surface area (Å²) in [6.45, 7) is 0.856. The molecule has 1 N–H and O–H groups in total. The lowest BCUT2D eigenvalue weighted by molar-refractivity contribution is -0.118. The van der Waals surface area contributed by atoms with Gasteiger partial charge >= 0.3 is 0 Å². The third kappa shape index (κ3) is 5.24. The molecule has 0 saturated heterocycles. The van der Waals surface area contributed by atoms with Crippen molar-refractivity contribution in [3.05, 3.63) is 65.9 Å². The Hall–Kier alpha value is -2.51. The van der Waals surface area contributed by atoms with Gasteiger partial charge in [0.1, 0.15) is 18.7 Å². The predicted molar refractivity (Wildman–Crippen MR) is 102 cm³/mol. The van der Waals surface area contributed by atoms with Crippen molar-refractivity contribution in [2.24, 2.45) is 0 Å². The summed E-state index contributed by atoms with van der Waals surface area (Å²) in [5, 5.41) is 12.0. The van der Waals surface area contributed by atoms with Gasteiger partial charge in [-0.1, -0.05) is 47.6 Å². The van der Waals surface area contributed by atoms with E-state index in [0.29, 0.717) is 23.3 Å². The first-order chi connectivity index (χ1) is 12.7. The fourth-order valence-corrected chi connectivity index (χ4v) is 3.13. The largest absolute Gasteiger partial charge is 0.492 e. The van der Waals surface area contributed by atoms with E-state index in [2.05, 4.69) is 15.5 Å². The van der Waals surface area contributed by atoms with Crippen LogP contribution in [0.1, 0.15) is 0 Å². The quantitative estimate of drug-likeness (QED) is 0.474. The van der Waals surface area contributed by atoms with Gasteiger partial charge in [-0.25, -0.2) is 0 Å². The molecule has 6 nitrogen and oxygen atoms in total. The van der Waals surface area contributed by atoms with Crippen LogP contribution in [0.2, 0.25) is 5.02 Å². The molecule has 0 spiro atoms. The van der Waals surface area contributed by atoms with Gasteiger partial charge in [-0.2, -0.15) is 0 Å². The van der Waals surface area contributed by atoms with Crippen molar-refractivity contribution in [1.82, 2.24) is 20.1 Å². The van der Waals surface area contributed by atoms with Gasteiger partial charge in [0.05, 0.1) is 18.0 Å². The fourth-order valence-electron chi connectivity index (χ4n) is 2.18. The van der Waals surface area contributed by atoms with E-state index >= 15 is 0 Å². The fraction of sp³-hybridized carbons (Fsp3) is 0.167. The Morgan fingerprint density at radius 1 is 1.19 bits per heavy atom. The summed E-state index contributed by atoms with van der Waals surface area (Å²) in [6.07, 6.45) is 1.60. The van der Waals surface area contributed by atoms with E-state index in [1.807, 2.05) is 48.5 Å². The summed E-state index contributed by atoms with van der Waals surface area (Å²) in [7, 11) is 0. The number of amides is 1. The van der Waals surface area contributed by atoms with Gasteiger partial charge in [0, 0.05) is 5.02 Å². The highest BCUT2D eigenvalue weighted by Gasteiger charge is 2.10. The summed E-state index contributed by atoms with van der Waals surface area (Å²) in [4.78, 5) is 12.0. The number of nitrogens with one attached hydrogen (secondary N) is 1. The number of halogens is 1. The number of carbonyl (C=O) groups is 1. The Balaban J connectivity index is 1.44. The predicted octanol–water partition coefficient (Wildman–Crippen LogP) is 3.21. The molecule has 1 aromatic heterocycles. The molecule has 0 saturated carbocycles. The van der Waals surface area contributed by atoms with Gasteiger partial charge in [-0.05, 0) is 30.3 Å². The molecular formula is C18H17ClN4O2S. The van der Waals surface area contributed by atoms with E-state index < -0.39 is 0 Å². The van der Waals surface area contributed by atoms with Gasteiger partial charge in [-0.15, -0.1) is 10.2 Å². The van der Waals surface area contributed by atoms with Crippen LogP contribution in [0, 0.1) is 0 Å². The Morgan fingerprint density at radius 2 is 2.04 bits per heavy atom. The van der Waals surface area contributed by atoms with Crippen LogP contribution < -0.4 is 10.1 Å². The van der Waals surface area contributed by atoms with Crippen LogP contribution in [0.25, 0.3) is 5.69 Å². The molecule has 134 valence electrons. The highest BCUT2D eigenvalue weighted by molar-refractivity contribution is 7.99. The Morgan fingerprint density at radius 3 is 2.85 bits per heavy atom. The molecule has 0 aliphatic rings. The van der Waals surface area contributed by atoms with Crippen molar-refractivity contribution in [2.75, 3.05) is 18.9 Å². The summed E-state index contributed by atoms with van der Waals surface area (Å²) in [5.41, 5.74) is 0.849. The summed E-state index contributed by atoms with van der Waals surface area (Å²) < 4.78 is 7.33. The molecule has 0 aliphatic carbocycles. The number of carbonyl (C=O) groups excluding carboxylic acids is 1. The molecule has 0 atom stereocenters. The van der Waals surface area contributed by atoms with E-state index in [1.54, 1.807) is 17.0 Å². The van der Waals surface area contributed by atoms with Crippen LogP contribution in [0.15, 0.2) is 66.1 Å². The molecule has 0 fully saturated rings. The number of para-hydroxylation sites is 1. The number of benzene rings is 2. The van der Waals surface area contributed by atoms with Crippen molar-refractivity contribution in [1.29, 1.82) is 0 Å². The number of hydrogen-bond acceptors (Lipinski definition) is 5. The molecular weight excluding hydrogens is 372 g/mol. The molecule has 1 heterocycles. The van der Waals surface area contributed by atoms with E-state index in [-0.39, 0.29) is 11.7 Å². The minimum Gasteiger partial charge on any atom is -0.492 e. The average molecular weight is 389 g/mol. The topological polar surface area (TPSA) is 69.0 Å². The third-order valence-electron chi connectivity index (χ3n) is 3.37. The van der Waals surface area contributed by atoms with Crippen LogP contribution >= 0.6 is 23.4 Å². The number of aromatic nitrogens is 3. The van der Waals surface area contributed by atoms with Crippen LogP contribution in [0.5, 0.6) is 5.75 Å². The number of rotatable bonds is 8. The number of nitrogens with zero attached hydrogens (tertiary/aromatic N) is 3. The second-order valence-electron chi connectivity index (χ2n) is 5.26. The molecule has 26 heavy (non-hydrogen) atoms. The van der Waals surface area contributed by atoms with E-state index in [1.165, 1.54) is 11.8 Å². The van der Waals surface area contributed by atoms with Gasteiger partial charge in [0.25, 0.3) is 0 Å². The second-order valence-corrected chi connectivity index (χ2v) is 6.64. The van der Waals surface area contributed by atoms with E-state index in [4.69, 9.17) is 16.3 Å². The lowest BCUT2D eigenvalue weighted by Gasteiger charge is -2.08. The minimum absolute atomic E-state index is 0.0905. The lowest BCUT2D eigenvalue weighted by atomic mass is 10.3. The molecule has 2 aromatic carbocycles. The Kier molecular flexibility index (Phi) is 6.51. The smallest absolute Gasteiger partial charge is 0.230 e. The molecule has 0 unspecified atom stereocenters. The van der Waals surface area contributed by atoms with Crippen molar-refractivity contribution in [3.8, 4) is 11.4 Å². The molecule has 0 bridgehead atoms. The first-order valence-corrected chi connectivity index (χ1v) is 9.32. The first kappa shape index (κ1) is 18.3. The second kappa shape index (κ2) is 9.26. The normalized spacial score (nSPS) is 10.5. The summed E-state index contributed by atoms with van der Waals surface area (Å²) >= 11 is 7.33. The maximum atomic E-state index is 12.0. The van der Waals surface area contributed by atoms with Crippen LogP contribution in [-0.4, -0.2) is 39.6 Å². The SMILES string of the molecule is O=C(CSc1nncn1-c1cccc(Cl)c1)NCCOc1ccccc1. The highest BCUT2D eigenvalue weighted by atomic mass is 35.5. The summed E-state index contributed by atoms with van der Waals surface area (Å²) in [5.74, 6) is 0.933. The van der Waals surface area contributed by atoms with Gasteiger partial charge in [-0.3, -0.25) is 9.36 Å². The lowest BCUT2D eigenvalue weighted by Crippen LogP contribution is -2.29. The Labute approximate surface area is 160 Å². The monoisotopic (exact) mass is 388 g/mol. The zero-order valence-corrected chi connectivity index (χ0v) is 15.4. The Bertz CT molecular complexity index is 857. The number of thioether (sulfide) groups is 1. The number of ether oxygens (including phenoxy) is 1. The van der Waals surface area contributed by atoms with Crippen molar-refractivity contribution in [3.63, 3.8) is 0 Å². The van der Waals surface area contributed by atoms with Crippen molar-refractivity contribution in [2.45, 2.75) is 5.16 Å². The van der Waals surface area contributed by atoms with Crippen LogP contribution in [0.3, 0.4) is 0 Å². The van der Waals surface area contributed by atoms with E-state index in [9.17, 15) is 4.79 Å². The van der Waals surface area contributed by atoms with Gasteiger partial charge < -0.3 is 10.1 Å². The molecule has 3 rings (SSSR count). The first-order valence-electron chi connectivity index (χ1n) is 7.96. The third-order valence-corrected chi connectivity index (χ3v) is 4.55. The maximum absolute atomic E-state index is 12.0. The molecule has 1 amide bonds. The van der Waals surface area contributed by atoms with Crippen LogP contribution in [-0.2, 0) is 4.79 Å². The summed E-state index contributed by atoms with van der Waals surface area (Å²) in [6, 6.07) is 16.9. The number of hydrogen-bond donors (Lipinski definition) is 1. The molecule has 8 heteroatoms. The standard InChI is InChI=1S/C18H17ClN4O2S/c19-14-5-4-6-15(11-14)23-13-21-22-18(23)26-12-17(24)20-9-10-25-16-7-2-1-3-8-16/h1-8,11,13H,9-10,12H2,(H,20,24). The van der Waals surface area contributed by atoms with Crippen molar-refractivity contribution < 1.29 is 9.53 Å². The molecule has 3 aromatic rings. The average Bonchev–Trinajstić information content (AvgIpc) is 3.13. The van der Waals surface area contributed by atoms with Crippen molar-refractivity contribution >= 4 is 29.3 Å². The highest BCUT2D eigenvalue weighted by Crippen LogP contribution is 2.21. The van der Waals surface area contributed by atoms with Gasteiger partial charge in [0.15, 0.2) is 5.16 Å². The molecule has 0 radical (unpaired) electrons. The zero-order chi connectivity index (χ0) is 18.2.